The molecule has 0 aliphatic rings. The highest BCUT2D eigenvalue weighted by Crippen LogP contribution is 2.15. The number of amides is 4. The van der Waals surface area contributed by atoms with Crippen molar-refractivity contribution < 1.29 is 39.3 Å². The van der Waals surface area contributed by atoms with Crippen LogP contribution >= 0.6 is 0 Å². The van der Waals surface area contributed by atoms with Gasteiger partial charge in [0.1, 0.15) is 29.6 Å². The fourth-order valence-corrected chi connectivity index (χ4v) is 4.10. The predicted octanol–water partition coefficient (Wildman–Crippen LogP) is 0.0609. The first-order valence-electron chi connectivity index (χ1n) is 13.5. The first-order valence-corrected chi connectivity index (χ1v) is 13.5. The van der Waals surface area contributed by atoms with Gasteiger partial charge in [-0.3, -0.25) is 19.2 Å². The van der Waals surface area contributed by atoms with E-state index in [1.54, 1.807) is 38.1 Å². The third kappa shape index (κ3) is 10.7. The summed E-state index contributed by atoms with van der Waals surface area (Å²) in [6.07, 6.45) is 0.0804. The Balaban J connectivity index is 2.25. The molecule has 10 N–H and O–H groups in total. The topological polar surface area (TPSA) is 234 Å². The number of aromatic hydroxyl groups is 2. The maximum atomic E-state index is 13.5. The van der Waals surface area contributed by atoms with Crippen LogP contribution in [0, 0.1) is 5.92 Å². The van der Waals surface area contributed by atoms with Gasteiger partial charge in [0.25, 0.3) is 0 Å². The van der Waals surface area contributed by atoms with Crippen LogP contribution in [0.3, 0.4) is 0 Å². The number of carboxylic acids is 1. The van der Waals surface area contributed by atoms with Crippen LogP contribution in [-0.2, 0) is 36.8 Å². The molecule has 0 aliphatic heterocycles. The number of nitrogens with two attached hydrogens (primary N) is 2. The number of phenols is 2. The largest absolute Gasteiger partial charge is 0.508 e. The summed E-state index contributed by atoms with van der Waals surface area (Å²) >= 11 is 0. The monoisotopic (exact) mass is 585 g/mol. The molecule has 0 spiro atoms. The van der Waals surface area contributed by atoms with E-state index in [9.17, 15) is 39.3 Å². The second-order valence-corrected chi connectivity index (χ2v) is 10.2. The summed E-state index contributed by atoms with van der Waals surface area (Å²) in [6.45, 7) is 3.49. The van der Waals surface area contributed by atoms with Crippen molar-refractivity contribution in [2.75, 3.05) is 0 Å². The van der Waals surface area contributed by atoms with Gasteiger partial charge in [-0.25, -0.2) is 4.79 Å². The van der Waals surface area contributed by atoms with Crippen molar-refractivity contribution in [2.24, 2.45) is 17.4 Å². The molecule has 0 aliphatic carbocycles. The lowest BCUT2D eigenvalue weighted by atomic mass is 9.96. The number of rotatable bonds is 16. The molecule has 0 saturated carbocycles. The molecule has 13 nitrogen and oxygen atoms in total. The van der Waals surface area contributed by atoms with Crippen LogP contribution in [0.5, 0.6) is 11.5 Å². The third-order valence-corrected chi connectivity index (χ3v) is 6.83. The van der Waals surface area contributed by atoms with E-state index in [-0.39, 0.29) is 37.2 Å². The van der Waals surface area contributed by atoms with E-state index in [1.807, 2.05) is 0 Å². The molecule has 13 heteroatoms. The molecule has 0 saturated heterocycles. The summed E-state index contributed by atoms with van der Waals surface area (Å²) in [4.78, 5) is 62.5. The van der Waals surface area contributed by atoms with Gasteiger partial charge in [-0.1, -0.05) is 44.5 Å². The molecule has 0 aromatic heterocycles. The number of carbonyl (C=O) groups excluding carboxylic acids is 4. The Hall–Kier alpha value is -4.65. The highest BCUT2D eigenvalue weighted by molar-refractivity contribution is 5.94. The summed E-state index contributed by atoms with van der Waals surface area (Å²) < 4.78 is 0. The fourth-order valence-electron chi connectivity index (χ4n) is 4.10. The van der Waals surface area contributed by atoms with Crippen LogP contribution in [0.25, 0.3) is 0 Å². The highest BCUT2D eigenvalue weighted by Gasteiger charge is 2.33. The Morgan fingerprint density at radius 2 is 1.26 bits per heavy atom. The SMILES string of the molecule is CCC(C)C(NC(=O)C(Cc1ccc(O)cc1)NC(=O)C(N)Cc1ccc(O)cc1)C(=O)NC(CCC(N)=O)C(=O)O. The van der Waals surface area contributed by atoms with E-state index in [1.165, 1.54) is 24.3 Å². The Morgan fingerprint density at radius 3 is 1.74 bits per heavy atom. The number of benzene rings is 2. The van der Waals surface area contributed by atoms with Crippen LogP contribution in [0.2, 0.25) is 0 Å². The standard InChI is InChI=1S/C29H39N5O8/c1-3-16(2)25(28(40)32-22(29(41)42)12-13-24(31)37)34-27(39)23(15-18-6-10-20(36)11-7-18)33-26(38)21(30)14-17-4-8-19(35)9-5-17/h4-11,16,21-23,25,35-36H,3,12-15,30H2,1-2H3,(H2,31,37)(H,32,40)(H,33,38)(H,34,39)(H,41,42). The van der Waals surface area contributed by atoms with E-state index >= 15 is 0 Å². The number of nitrogens with one attached hydrogen (secondary N) is 3. The van der Waals surface area contributed by atoms with Gasteiger partial charge in [0.2, 0.25) is 23.6 Å². The Kier molecular flexibility index (Phi) is 12.8. The van der Waals surface area contributed by atoms with Gasteiger partial charge in [0, 0.05) is 12.8 Å². The molecule has 5 unspecified atom stereocenters. The van der Waals surface area contributed by atoms with Gasteiger partial charge in [0.05, 0.1) is 6.04 Å². The molecule has 0 fully saturated rings. The van der Waals surface area contributed by atoms with Gasteiger partial charge >= 0.3 is 5.97 Å². The minimum Gasteiger partial charge on any atom is -0.508 e. The maximum Gasteiger partial charge on any atom is 0.326 e. The molecule has 2 rings (SSSR count). The number of hydrogen-bond donors (Lipinski definition) is 8. The van der Waals surface area contributed by atoms with Crippen LogP contribution in [0.1, 0.15) is 44.2 Å². The lowest BCUT2D eigenvalue weighted by Gasteiger charge is -2.28. The first-order chi connectivity index (χ1) is 19.8. The van der Waals surface area contributed by atoms with Crippen molar-refractivity contribution in [3.63, 3.8) is 0 Å². The smallest absolute Gasteiger partial charge is 0.326 e. The molecule has 0 heterocycles. The van der Waals surface area contributed by atoms with Crippen LogP contribution < -0.4 is 27.4 Å². The van der Waals surface area contributed by atoms with Crippen molar-refractivity contribution in [1.82, 2.24) is 16.0 Å². The van der Waals surface area contributed by atoms with Crippen LogP contribution in [0.15, 0.2) is 48.5 Å². The molecule has 2 aromatic carbocycles. The fraction of sp³-hybridized carbons (Fsp3) is 0.414. The average molecular weight is 586 g/mol. The second kappa shape index (κ2) is 16.0. The number of aliphatic carboxylic acids is 1. The Morgan fingerprint density at radius 1 is 0.762 bits per heavy atom. The Bertz CT molecular complexity index is 1240. The number of primary amides is 1. The third-order valence-electron chi connectivity index (χ3n) is 6.83. The summed E-state index contributed by atoms with van der Waals surface area (Å²) in [5.74, 6) is -4.56. The molecular formula is C29H39N5O8. The van der Waals surface area contributed by atoms with Crippen molar-refractivity contribution in [3.8, 4) is 11.5 Å². The van der Waals surface area contributed by atoms with Crippen molar-refractivity contribution in [2.45, 2.75) is 70.1 Å². The van der Waals surface area contributed by atoms with Gasteiger partial charge in [-0.2, -0.15) is 0 Å². The minimum atomic E-state index is -1.40. The summed E-state index contributed by atoms with van der Waals surface area (Å²) in [6, 6.07) is 7.37. The summed E-state index contributed by atoms with van der Waals surface area (Å²) in [5.41, 5.74) is 12.5. The number of hydrogen-bond acceptors (Lipinski definition) is 8. The van der Waals surface area contributed by atoms with Crippen molar-refractivity contribution >= 4 is 29.6 Å². The van der Waals surface area contributed by atoms with Gasteiger partial charge < -0.3 is 42.7 Å². The number of carboxylic acid groups (broad SMARTS) is 1. The summed E-state index contributed by atoms with van der Waals surface area (Å²) in [7, 11) is 0. The first kappa shape index (κ1) is 33.6. The highest BCUT2D eigenvalue weighted by atomic mass is 16.4. The predicted molar refractivity (Wildman–Crippen MR) is 153 cm³/mol. The molecular weight excluding hydrogens is 546 g/mol. The molecule has 42 heavy (non-hydrogen) atoms. The number of phenolic OH excluding ortho intramolecular Hbond substituents is 2. The van der Waals surface area contributed by atoms with Gasteiger partial charge in [0.15, 0.2) is 0 Å². The lowest BCUT2D eigenvalue weighted by Crippen LogP contribution is -2.59. The summed E-state index contributed by atoms with van der Waals surface area (Å²) in [5, 5.41) is 36.2. The average Bonchev–Trinajstić information content (AvgIpc) is 2.94. The van der Waals surface area contributed by atoms with E-state index < -0.39 is 59.7 Å². The zero-order chi connectivity index (χ0) is 31.4. The molecule has 0 radical (unpaired) electrons. The second-order valence-electron chi connectivity index (χ2n) is 10.2. The van der Waals surface area contributed by atoms with E-state index in [4.69, 9.17) is 11.5 Å². The molecule has 228 valence electrons. The Labute approximate surface area is 243 Å². The van der Waals surface area contributed by atoms with Gasteiger partial charge in [-0.15, -0.1) is 0 Å². The van der Waals surface area contributed by atoms with E-state index in [0.29, 0.717) is 17.5 Å². The van der Waals surface area contributed by atoms with Crippen molar-refractivity contribution in [3.05, 3.63) is 59.7 Å². The zero-order valence-electron chi connectivity index (χ0n) is 23.6. The minimum absolute atomic E-state index is 0.00497. The van der Waals surface area contributed by atoms with Gasteiger partial charge in [-0.05, 0) is 54.2 Å². The van der Waals surface area contributed by atoms with E-state index in [0.717, 1.165) is 0 Å². The van der Waals surface area contributed by atoms with Crippen molar-refractivity contribution in [1.29, 1.82) is 0 Å². The molecule has 2 aromatic rings. The number of carbonyl (C=O) groups is 5. The van der Waals surface area contributed by atoms with E-state index in [2.05, 4.69) is 16.0 Å². The van der Waals surface area contributed by atoms with Crippen LogP contribution in [0.4, 0.5) is 0 Å². The van der Waals surface area contributed by atoms with Crippen LogP contribution in [-0.4, -0.2) is 69.1 Å². The zero-order valence-corrected chi connectivity index (χ0v) is 23.6. The molecule has 4 amide bonds. The molecule has 5 atom stereocenters. The maximum absolute atomic E-state index is 13.5. The lowest BCUT2D eigenvalue weighted by molar-refractivity contribution is -0.143. The quantitative estimate of drug-likeness (QED) is 0.133. The molecule has 0 bridgehead atoms. The normalized spacial score (nSPS) is 14.5.